The Kier molecular flexibility index (Phi) is 5.48. The Bertz CT molecular complexity index is 1390. The molecule has 0 aliphatic rings. The van der Waals surface area contributed by atoms with Gasteiger partial charge in [0.25, 0.3) is 0 Å². The molecule has 8 heteroatoms. The lowest BCUT2D eigenvalue weighted by atomic mass is 10.1. The van der Waals surface area contributed by atoms with Crippen molar-refractivity contribution in [3.05, 3.63) is 78.7 Å². The van der Waals surface area contributed by atoms with Gasteiger partial charge in [-0.3, -0.25) is 0 Å². The van der Waals surface area contributed by atoms with Crippen LogP contribution in [0.1, 0.15) is 5.69 Å². The number of hydrogen-bond acceptors (Lipinski definition) is 6. The van der Waals surface area contributed by atoms with Crippen LogP contribution in [0, 0.1) is 12.7 Å². The smallest absolute Gasteiger partial charge is 0.131 e. The highest BCUT2D eigenvalue weighted by atomic mass is 19.1. The number of benzene rings is 2. The molecule has 0 radical (unpaired) electrons. The number of nitrogens with zero attached hydrogens (tertiary/aromatic N) is 4. The van der Waals surface area contributed by atoms with Crippen LogP contribution in [-0.4, -0.2) is 33.3 Å². The number of methoxy groups -OCH3 is 1. The number of anilines is 1. The van der Waals surface area contributed by atoms with Crippen molar-refractivity contribution in [2.45, 2.75) is 13.5 Å². The van der Waals surface area contributed by atoms with Crippen LogP contribution in [0.4, 0.5) is 10.2 Å². The number of nitrogens with one attached hydrogen (secondary N) is 1. The quantitative estimate of drug-likeness (QED) is 0.367. The molecule has 0 aliphatic carbocycles. The van der Waals surface area contributed by atoms with Crippen LogP contribution in [0.5, 0.6) is 5.75 Å². The molecular weight excluding hydrogens is 421 g/mol. The minimum Gasteiger partial charge on any atom is -0.496 e. The van der Waals surface area contributed by atoms with Gasteiger partial charge in [0.05, 0.1) is 18.3 Å². The van der Waals surface area contributed by atoms with Crippen molar-refractivity contribution in [3.63, 3.8) is 0 Å². The van der Waals surface area contributed by atoms with E-state index in [0.717, 1.165) is 44.9 Å². The lowest BCUT2D eigenvalue weighted by Crippen LogP contribution is -2.12. The molecule has 1 N–H and O–H groups in total. The second kappa shape index (κ2) is 8.74. The first-order chi connectivity index (χ1) is 16.1. The molecule has 0 aliphatic heterocycles. The Balaban J connectivity index is 1.30. The predicted octanol–water partition coefficient (Wildman–Crippen LogP) is 5.32. The topological polar surface area (TPSA) is 78.0 Å². The summed E-state index contributed by atoms with van der Waals surface area (Å²) in [7, 11) is 1.55. The molecule has 33 heavy (non-hydrogen) atoms. The fourth-order valence-corrected chi connectivity index (χ4v) is 3.97. The van der Waals surface area contributed by atoms with Crippen molar-refractivity contribution < 1.29 is 13.7 Å². The highest BCUT2D eigenvalue weighted by molar-refractivity contribution is 5.87. The van der Waals surface area contributed by atoms with Gasteiger partial charge in [-0.15, -0.1) is 0 Å². The van der Waals surface area contributed by atoms with Crippen LogP contribution in [0.25, 0.3) is 33.4 Å². The van der Waals surface area contributed by atoms with E-state index in [1.165, 1.54) is 12.1 Å². The van der Waals surface area contributed by atoms with Gasteiger partial charge in [-0.25, -0.2) is 14.4 Å². The monoisotopic (exact) mass is 443 g/mol. The van der Waals surface area contributed by atoms with Gasteiger partial charge in [0.2, 0.25) is 0 Å². The zero-order valence-corrected chi connectivity index (χ0v) is 18.2. The third-order valence-corrected chi connectivity index (χ3v) is 5.60. The first kappa shape index (κ1) is 20.7. The summed E-state index contributed by atoms with van der Waals surface area (Å²) < 4.78 is 26.4. The van der Waals surface area contributed by atoms with Gasteiger partial charge in [0.15, 0.2) is 0 Å². The Labute approximate surface area is 189 Å². The standard InChI is InChI=1S/C25H22FN5O2/c1-16-11-20-23(12-19(26)13-24(20)32-2)31(16)9-8-27-25-14-22(28-15-29-25)18-5-3-17(4-6-18)21-7-10-33-30-21/h3-7,10-15H,8-9H2,1-2H3,(H,27,28,29). The molecular formula is C25H22FN5O2. The number of halogens is 1. The van der Waals surface area contributed by atoms with Crippen molar-refractivity contribution in [2.24, 2.45) is 0 Å². The van der Waals surface area contributed by atoms with Crippen LogP contribution in [0.3, 0.4) is 0 Å². The van der Waals surface area contributed by atoms with Gasteiger partial charge in [-0.1, -0.05) is 29.4 Å². The number of aryl methyl sites for hydroxylation is 1. The second-order valence-electron chi connectivity index (χ2n) is 7.66. The van der Waals surface area contributed by atoms with Gasteiger partial charge in [0.1, 0.15) is 35.7 Å². The minimum atomic E-state index is -0.318. The zero-order valence-electron chi connectivity index (χ0n) is 18.2. The number of ether oxygens (including phenoxy) is 1. The Morgan fingerprint density at radius 3 is 2.52 bits per heavy atom. The molecule has 0 amide bonds. The van der Waals surface area contributed by atoms with Crippen LogP contribution in [-0.2, 0) is 6.54 Å². The van der Waals surface area contributed by atoms with E-state index in [2.05, 4.69) is 25.0 Å². The van der Waals surface area contributed by atoms with E-state index in [0.29, 0.717) is 18.8 Å². The molecule has 3 aromatic heterocycles. The Morgan fingerprint density at radius 2 is 1.79 bits per heavy atom. The Hall–Kier alpha value is -4.20. The predicted molar refractivity (Wildman–Crippen MR) is 125 cm³/mol. The molecule has 0 spiro atoms. The largest absolute Gasteiger partial charge is 0.496 e. The lowest BCUT2D eigenvalue weighted by molar-refractivity contribution is 0.416. The first-order valence-electron chi connectivity index (χ1n) is 10.5. The molecule has 0 saturated carbocycles. The summed E-state index contributed by atoms with van der Waals surface area (Å²) in [6.07, 6.45) is 3.09. The average molecular weight is 443 g/mol. The van der Waals surface area contributed by atoms with Crippen molar-refractivity contribution in [3.8, 4) is 28.3 Å². The van der Waals surface area contributed by atoms with E-state index in [1.807, 2.05) is 49.4 Å². The number of aromatic nitrogens is 4. The van der Waals surface area contributed by atoms with Gasteiger partial charge >= 0.3 is 0 Å². The zero-order chi connectivity index (χ0) is 22.8. The third-order valence-electron chi connectivity index (χ3n) is 5.60. The van der Waals surface area contributed by atoms with Gasteiger partial charge in [-0.05, 0) is 19.1 Å². The summed E-state index contributed by atoms with van der Waals surface area (Å²) >= 11 is 0. The third kappa shape index (κ3) is 4.15. The summed E-state index contributed by atoms with van der Waals surface area (Å²) in [5.74, 6) is 0.940. The van der Waals surface area contributed by atoms with E-state index in [-0.39, 0.29) is 5.82 Å². The van der Waals surface area contributed by atoms with E-state index < -0.39 is 0 Å². The van der Waals surface area contributed by atoms with Crippen LogP contribution in [0.15, 0.2) is 71.7 Å². The highest BCUT2D eigenvalue weighted by Crippen LogP contribution is 2.30. The molecule has 0 atom stereocenters. The lowest BCUT2D eigenvalue weighted by Gasteiger charge is -2.11. The molecule has 7 nitrogen and oxygen atoms in total. The van der Waals surface area contributed by atoms with Crippen molar-refractivity contribution in [1.82, 2.24) is 19.7 Å². The van der Waals surface area contributed by atoms with Crippen LogP contribution < -0.4 is 10.1 Å². The molecule has 2 aromatic carbocycles. The minimum absolute atomic E-state index is 0.318. The van der Waals surface area contributed by atoms with Crippen molar-refractivity contribution in [1.29, 1.82) is 0 Å². The summed E-state index contributed by atoms with van der Waals surface area (Å²) in [5.41, 5.74) is 5.39. The summed E-state index contributed by atoms with van der Waals surface area (Å²) in [6, 6.07) is 16.6. The molecule has 166 valence electrons. The van der Waals surface area contributed by atoms with E-state index in [1.54, 1.807) is 19.7 Å². The fraction of sp³-hybridized carbons (Fsp3) is 0.160. The number of hydrogen-bond donors (Lipinski definition) is 1. The Morgan fingerprint density at radius 1 is 1.00 bits per heavy atom. The van der Waals surface area contributed by atoms with Crippen molar-refractivity contribution >= 4 is 16.7 Å². The average Bonchev–Trinajstić information content (AvgIpc) is 3.48. The van der Waals surface area contributed by atoms with E-state index in [4.69, 9.17) is 9.26 Å². The summed E-state index contributed by atoms with van der Waals surface area (Å²) in [4.78, 5) is 8.73. The van der Waals surface area contributed by atoms with Gasteiger partial charge in [0, 0.05) is 53.5 Å². The SMILES string of the molecule is COc1cc(F)cc2c1cc(C)n2CCNc1cc(-c2ccc(-c3ccon3)cc2)ncn1. The van der Waals surface area contributed by atoms with Gasteiger partial charge in [-0.2, -0.15) is 0 Å². The summed E-state index contributed by atoms with van der Waals surface area (Å²) in [6.45, 7) is 3.27. The molecule has 3 heterocycles. The number of fused-ring (bicyclic) bond motifs is 1. The van der Waals surface area contributed by atoms with Crippen LogP contribution >= 0.6 is 0 Å². The maximum Gasteiger partial charge on any atom is 0.131 e. The molecule has 5 rings (SSSR count). The maximum absolute atomic E-state index is 14.0. The molecule has 0 saturated heterocycles. The molecule has 5 aromatic rings. The van der Waals surface area contributed by atoms with E-state index >= 15 is 0 Å². The second-order valence-corrected chi connectivity index (χ2v) is 7.66. The number of rotatable bonds is 7. The van der Waals surface area contributed by atoms with Crippen molar-refractivity contribution in [2.75, 3.05) is 19.0 Å². The molecule has 0 bridgehead atoms. The molecule has 0 fully saturated rings. The maximum atomic E-state index is 14.0. The fourth-order valence-electron chi connectivity index (χ4n) is 3.97. The summed E-state index contributed by atoms with van der Waals surface area (Å²) in [5, 5.41) is 8.20. The van der Waals surface area contributed by atoms with Gasteiger partial charge < -0.3 is 19.1 Å². The highest BCUT2D eigenvalue weighted by Gasteiger charge is 2.12. The molecule has 0 unspecified atom stereocenters. The first-order valence-corrected chi connectivity index (χ1v) is 10.5. The van der Waals surface area contributed by atoms with E-state index in [9.17, 15) is 4.39 Å². The normalized spacial score (nSPS) is 11.1. The van der Waals surface area contributed by atoms with Crippen LogP contribution in [0.2, 0.25) is 0 Å².